The van der Waals surface area contributed by atoms with Gasteiger partial charge in [0.25, 0.3) is 0 Å². The van der Waals surface area contributed by atoms with E-state index < -0.39 is 53.8 Å². The van der Waals surface area contributed by atoms with Gasteiger partial charge in [-0.15, -0.1) is 0 Å². The lowest BCUT2D eigenvalue weighted by Gasteiger charge is -2.26. The van der Waals surface area contributed by atoms with Crippen molar-refractivity contribution in [3.8, 4) is 0 Å². The maximum absolute atomic E-state index is 13.2. The summed E-state index contributed by atoms with van der Waals surface area (Å²) in [6, 6.07) is 4.48. The summed E-state index contributed by atoms with van der Waals surface area (Å²) in [6.07, 6.45) is 2.02. The van der Waals surface area contributed by atoms with E-state index in [0.717, 1.165) is 5.56 Å². The van der Waals surface area contributed by atoms with E-state index in [1.165, 1.54) is 11.8 Å². The fraction of sp³-hybridized carbons (Fsp3) is 0.542. The molecule has 0 spiro atoms. The van der Waals surface area contributed by atoms with Crippen LogP contribution in [0.25, 0.3) is 0 Å². The van der Waals surface area contributed by atoms with Gasteiger partial charge in [0.05, 0.1) is 12.5 Å². The first kappa shape index (κ1) is 30.9. The van der Waals surface area contributed by atoms with Crippen molar-refractivity contribution < 1.29 is 29.1 Å². The van der Waals surface area contributed by atoms with Gasteiger partial charge in [0, 0.05) is 6.42 Å². The zero-order chi connectivity index (χ0) is 27.3. The number of carbonyl (C=O) groups is 5. The Kier molecular flexibility index (Phi) is 13.6. The number of hydrogen-bond acceptors (Lipinski definition) is 7. The highest BCUT2D eigenvalue weighted by Gasteiger charge is 2.31. The van der Waals surface area contributed by atoms with E-state index in [0.29, 0.717) is 5.75 Å². The predicted molar refractivity (Wildman–Crippen MR) is 138 cm³/mol. The second-order valence-electron chi connectivity index (χ2n) is 8.90. The van der Waals surface area contributed by atoms with Crippen LogP contribution in [0, 0.1) is 5.92 Å². The van der Waals surface area contributed by atoms with Crippen molar-refractivity contribution in [2.24, 2.45) is 17.4 Å². The van der Waals surface area contributed by atoms with E-state index in [4.69, 9.17) is 11.5 Å². The highest BCUT2D eigenvalue weighted by Crippen LogP contribution is 2.09. The van der Waals surface area contributed by atoms with Gasteiger partial charge in [0.15, 0.2) is 0 Å². The minimum Gasteiger partial charge on any atom is -0.480 e. The Labute approximate surface area is 215 Å². The quantitative estimate of drug-likeness (QED) is 0.171. The minimum atomic E-state index is -1.22. The predicted octanol–water partition coefficient (Wildman–Crippen LogP) is -0.230. The van der Waals surface area contributed by atoms with E-state index in [-0.39, 0.29) is 31.6 Å². The normalized spacial score (nSPS) is 14.2. The maximum atomic E-state index is 13.2. The van der Waals surface area contributed by atoms with Crippen LogP contribution in [-0.2, 0) is 30.4 Å². The summed E-state index contributed by atoms with van der Waals surface area (Å²) in [4.78, 5) is 61.5. The van der Waals surface area contributed by atoms with Crippen LogP contribution >= 0.6 is 11.8 Å². The lowest BCUT2D eigenvalue weighted by molar-refractivity contribution is -0.142. The Bertz CT molecular complexity index is 898. The summed E-state index contributed by atoms with van der Waals surface area (Å²) in [5.41, 5.74) is 11.6. The van der Waals surface area contributed by atoms with Crippen LogP contribution in [0.3, 0.4) is 0 Å². The lowest BCUT2D eigenvalue weighted by Crippen LogP contribution is -2.58. The van der Waals surface area contributed by atoms with Crippen molar-refractivity contribution in [3.05, 3.63) is 35.9 Å². The van der Waals surface area contributed by atoms with Gasteiger partial charge in [0.1, 0.15) is 18.1 Å². The van der Waals surface area contributed by atoms with Crippen LogP contribution in [0.4, 0.5) is 0 Å². The van der Waals surface area contributed by atoms with Gasteiger partial charge in [-0.05, 0) is 36.3 Å². The molecule has 11 nitrogen and oxygen atoms in total. The molecule has 36 heavy (non-hydrogen) atoms. The number of benzene rings is 1. The first-order chi connectivity index (χ1) is 16.9. The number of carboxylic acid groups (broad SMARTS) is 1. The number of primary amides is 1. The van der Waals surface area contributed by atoms with Gasteiger partial charge in [-0.1, -0.05) is 44.2 Å². The third-order valence-electron chi connectivity index (χ3n) is 5.24. The molecular weight excluding hydrogens is 486 g/mol. The standard InChI is InChI=1S/C24H37N5O6S/c1-14(2)11-18(28-21(31)16(25)13-20(26)30)22(32)29-19(12-15-7-5-4-6-8-15)23(33)27-17(24(34)35)9-10-36-3/h4-8,14,16-19H,9-13,25H2,1-3H3,(H2,26,30)(H,27,33)(H,28,31)(H,29,32)(H,34,35). The highest BCUT2D eigenvalue weighted by atomic mass is 32.2. The summed E-state index contributed by atoms with van der Waals surface area (Å²) < 4.78 is 0. The number of amides is 4. The number of hydrogen-bond donors (Lipinski definition) is 6. The Morgan fingerprint density at radius 3 is 2.00 bits per heavy atom. The minimum absolute atomic E-state index is 0.00208. The van der Waals surface area contributed by atoms with Crippen LogP contribution in [-0.4, -0.2) is 70.9 Å². The molecule has 1 aromatic carbocycles. The molecule has 200 valence electrons. The summed E-state index contributed by atoms with van der Waals surface area (Å²) in [7, 11) is 0. The summed E-state index contributed by atoms with van der Waals surface area (Å²) in [5, 5.41) is 17.2. The number of aliphatic carboxylic acids is 1. The first-order valence-electron chi connectivity index (χ1n) is 11.6. The molecule has 1 aromatic rings. The van der Waals surface area contributed by atoms with Gasteiger partial charge in [-0.25, -0.2) is 4.79 Å². The van der Waals surface area contributed by atoms with E-state index in [2.05, 4.69) is 16.0 Å². The number of rotatable bonds is 16. The summed E-state index contributed by atoms with van der Waals surface area (Å²) >= 11 is 1.45. The van der Waals surface area contributed by atoms with E-state index >= 15 is 0 Å². The molecule has 4 amide bonds. The van der Waals surface area contributed by atoms with Crippen molar-refractivity contribution in [2.45, 2.75) is 63.7 Å². The van der Waals surface area contributed by atoms with Crippen LogP contribution in [0.5, 0.6) is 0 Å². The van der Waals surface area contributed by atoms with Crippen LogP contribution in [0.15, 0.2) is 30.3 Å². The highest BCUT2D eigenvalue weighted by molar-refractivity contribution is 7.98. The largest absolute Gasteiger partial charge is 0.480 e. The SMILES string of the molecule is CSCCC(NC(=O)C(Cc1ccccc1)NC(=O)C(CC(C)C)NC(=O)C(N)CC(N)=O)C(=O)O. The molecule has 0 aliphatic rings. The average Bonchev–Trinajstić information content (AvgIpc) is 2.80. The molecule has 8 N–H and O–H groups in total. The zero-order valence-corrected chi connectivity index (χ0v) is 21.7. The van der Waals surface area contributed by atoms with Crippen LogP contribution < -0.4 is 27.4 Å². The molecule has 0 heterocycles. The van der Waals surface area contributed by atoms with Crippen molar-refractivity contribution in [2.75, 3.05) is 12.0 Å². The van der Waals surface area contributed by atoms with E-state index in [1.54, 1.807) is 24.3 Å². The van der Waals surface area contributed by atoms with Gasteiger partial charge >= 0.3 is 5.97 Å². The Hall–Kier alpha value is -3.12. The molecule has 4 atom stereocenters. The first-order valence-corrected chi connectivity index (χ1v) is 13.0. The third kappa shape index (κ3) is 11.5. The molecule has 0 saturated carbocycles. The molecular formula is C24H37N5O6S. The number of carboxylic acids is 1. The Morgan fingerprint density at radius 2 is 1.47 bits per heavy atom. The third-order valence-corrected chi connectivity index (χ3v) is 5.88. The summed E-state index contributed by atoms with van der Waals surface area (Å²) in [5.74, 6) is -3.40. The zero-order valence-electron chi connectivity index (χ0n) is 20.9. The van der Waals surface area contributed by atoms with Crippen molar-refractivity contribution in [3.63, 3.8) is 0 Å². The van der Waals surface area contributed by atoms with Gasteiger partial charge in [-0.2, -0.15) is 11.8 Å². The maximum Gasteiger partial charge on any atom is 0.326 e. The monoisotopic (exact) mass is 523 g/mol. The second kappa shape index (κ2) is 15.8. The number of nitrogens with two attached hydrogens (primary N) is 2. The molecule has 0 radical (unpaired) electrons. The van der Waals surface area contributed by atoms with Crippen LogP contribution in [0.2, 0.25) is 0 Å². The Morgan fingerprint density at radius 1 is 0.917 bits per heavy atom. The van der Waals surface area contributed by atoms with Crippen molar-refractivity contribution >= 4 is 41.4 Å². The second-order valence-corrected chi connectivity index (χ2v) is 9.89. The van der Waals surface area contributed by atoms with E-state index in [9.17, 15) is 29.1 Å². The van der Waals surface area contributed by atoms with Gasteiger partial charge in [-0.3, -0.25) is 19.2 Å². The molecule has 0 aliphatic carbocycles. The number of carbonyl (C=O) groups excluding carboxylic acids is 4. The smallest absolute Gasteiger partial charge is 0.326 e. The fourth-order valence-electron chi connectivity index (χ4n) is 3.39. The average molecular weight is 524 g/mol. The molecule has 0 bridgehead atoms. The van der Waals surface area contributed by atoms with E-state index in [1.807, 2.05) is 26.2 Å². The van der Waals surface area contributed by atoms with Crippen molar-refractivity contribution in [1.29, 1.82) is 0 Å². The molecule has 4 unspecified atom stereocenters. The van der Waals surface area contributed by atoms with Crippen molar-refractivity contribution in [1.82, 2.24) is 16.0 Å². The molecule has 0 saturated heterocycles. The molecule has 0 aromatic heterocycles. The fourth-order valence-corrected chi connectivity index (χ4v) is 3.86. The lowest BCUT2D eigenvalue weighted by atomic mass is 10.0. The molecule has 0 aliphatic heterocycles. The Balaban J connectivity index is 3.10. The molecule has 12 heteroatoms. The molecule has 1 rings (SSSR count). The summed E-state index contributed by atoms with van der Waals surface area (Å²) in [6.45, 7) is 3.71. The van der Waals surface area contributed by atoms with Gasteiger partial charge in [0.2, 0.25) is 23.6 Å². The van der Waals surface area contributed by atoms with Gasteiger partial charge < -0.3 is 32.5 Å². The number of nitrogens with one attached hydrogen (secondary N) is 3. The number of thioether (sulfide) groups is 1. The topological polar surface area (TPSA) is 194 Å². The van der Waals surface area contributed by atoms with Crippen LogP contribution in [0.1, 0.15) is 38.7 Å². The molecule has 0 fully saturated rings.